The van der Waals surface area contributed by atoms with Gasteiger partial charge in [0, 0.05) is 55.4 Å². The van der Waals surface area contributed by atoms with Gasteiger partial charge in [-0.3, -0.25) is 14.3 Å². The Balaban J connectivity index is 1.01. The van der Waals surface area contributed by atoms with Crippen LogP contribution >= 0.6 is 0 Å². The van der Waals surface area contributed by atoms with Crippen molar-refractivity contribution in [3.05, 3.63) is 114 Å². The van der Waals surface area contributed by atoms with Gasteiger partial charge in [-0.2, -0.15) is 0 Å². The summed E-state index contributed by atoms with van der Waals surface area (Å²) in [6, 6.07) is 32.1. The summed E-state index contributed by atoms with van der Waals surface area (Å²) in [4.78, 5) is 30.4. The number of pyridine rings is 2. The number of nitrogens with zero attached hydrogens (tertiary/aromatic N) is 6. The van der Waals surface area contributed by atoms with E-state index in [-0.39, 0.29) is 5.75 Å². The van der Waals surface area contributed by atoms with Gasteiger partial charge < -0.3 is 15.7 Å². The summed E-state index contributed by atoms with van der Waals surface area (Å²) in [6.45, 7) is 4.96. The number of fused-ring (bicyclic) bond motifs is 1. The number of piperidine rings is 1. The summed E-state index contributed by atoms with van der Waals surface area (Å²) >= 11 is 0. The number of carbonyl (C=O) groups excluding carboxylic acids is 1. The number of aromatic nitrogens is 4. The molecule has 2 saturated heterocycles. The van der Waals surface area contributed by atoms with Crippen molar-refractivity contribution in [1.82, 2.24) is 24.4 Å². The van der Waals surface area contributed by atoms with Crippen molar-refractivity contribution in [3.63, 3.8) is 0 Å². The van der Waals surface area contributed by atoms with E-state index >= 15 is 0 Å². The van der Waals surface area contributed by atoms with Crippen LogP contribution in [0.4, 0.5) is 11.5 Å². The fourth-order valence-corrected chi connectivity index (χ4v) is 7.41. The molecule has 48 heavy (non-hydrogen) atoms. The zero-order valence-electron chi connectivity index (χ0n) is 26.7. The van der Waals surface area contributed by atoms with Crippen molar-refractivity contribution in [2.45, 2.75) is 25.8 Å². The predicted octanol–water partition coefficient (Wildman–Crippen LogP) is 6.74. The van der Waals surface area contributed by atoms with Crippen LogP contribution in [0.25, 0.3) is 39.5 Å². The van der Waals surface area contributed by atoms with Gasteiger partial charge in [-0.05, 0) is 85.3 Å². The van der Waals surface area contributed by atoms with Gasteiger partial charge >= 0.3 is 0 Å². The van der Waals surface area contributed by atoms with E-state index in [0.29, 0.717) is 28.9 Å². The topological polar surface area (TPSA) is 113 Å². The van der Waals surface area contributed by atoms with E-state index < -0.39 is 0 Å². The number of aldehydes is 1. The summed E-state index contributed by atoms with van der Waals surface area (Å²) in [5.41, 5.74) is 14.5. The second kappa shape index (κ2) is 12.2. The molecule has 9 heteroatoms. The number of likely N-dealkylation sites (tertiary alicyclic amines) is 1. The molecule has 240 valence electrons. The standard InChI is InChI=1S/C39H37N7O2/c40-36-32(7-4-19-41-36)37-43-34-15-14-33(28-5-2-1-3-6-28)42-38(34)46(37)30-11-8-27(9-12-30)24-44-20-16-39(26-44)17-21-45(22-18-39)31-13-10-29(25-47)35(48)23-31/h1-15,19,23,25,48H,16-18,20-22,24,26H2,(H2,40,41). The van der Waals surface area contributed by atoms with Gasteiger partial charge in [-0.1, -0.05) is 42.5 Å². The number of imidazole rings is 1. The molecule has 9 nitrogen and oxygen atoms in total. The first-order valence-electron chi connectivity index (χ1n) is 16.5. The third kappa shape index (κ3) is 5.56. The number of carbonyl (C=O) groups is 1. The summed E-state index contributed by atoms with van der Waals surface area (Å²) in [5, 5.41) is 10.2. The molecule has 2 fully saturated rings. The smallest absolute Gasteiger partial charge is 0.165 e. The minimum Gasteiger partial charge on any atom is -0.507 e. The highest BCUT2D eigenvalue weighted by Gasteiger charge is 2.40. The first kappa shape index (κ1) is 29.8. The Morgan fingerprint density at radius 3 is 2.35 bits per heavy atom. The second-order valence-corrected chi connectivity index (χ2v) is 13.1. The van der Waals surface area contributed by atoms with E-state index in [9.17, 15) is 9.90 Å². The van der Waals surface area contributed by atoms with Crippen LogP contribution in [-0.4, -0.2) is 62.0 Å². The van der Waals surface area contributed by atoms with Crippen LogP contribution in [0.15, 0.2) is 103 Å². The lowest BCUT2D eigenvalue weighted by molar-refractivity contribution is 0.112. The highest BCUT2D eigenvalue weighted by molar-refractivity contribution is 5.84. The maximum Gasteiger partial charge on any atom is 0.165 e. The fourth-order valence-electron chi connectivity index (χ4n) is 7.41. The van der Waals surface area contributed by atoms with Crippen LogP contribution in [0, 0.1) is 5.41 Å². The van der Waals surface area contributed by atoms with Crippen molar-refractivity contribution < 1.29 is 9.90 Å². The summed E-state index contributed by atoms with van der Waals surface area (Å²) < 4.78 is 2.09. The lowest BCUT2D eigenvalue weighted by Crippen LogP contribution is -2.41. The second-order valence-electron chi connectivity index (χ2n) is 13.1. The monoisotopic (exact) mass is 635 g/mol. The van der Waals surface area contributed by atoms with Gasteiger partial charge in [0.15, 0.2) is 17.8 Å². The molecular weight excluding hydrogens is 598 g/mol. The molecule has 0 radical (unpaired) electrons. The number of rotatable bonds is 7. The van der Waals surface area contributed by atoms with Crippen LogP contribution in [-0.2, 0) is 6.54 Å². The van der Waals surface area contributed by atoms with E-state index in [2.05, 4.69) is 55.7 Å². The van der Waals surface area contributed by atoms with E-state index in [0.717, 1.165) is 84.9 Å². The van der Waals surface area contributed by atoms with Crippen LogP contribution in [0.1, 0.15) is 35.2 Å². The Morgan fingerprint density at radius 2 is 1.60 bits per heavy atom. The molecule has 8 rings (SSSR count). The molecule has 3 aromatic carbocycles. The first-order chi connectivity index (χ1) is 23.5. The lowest BCUT2D eigenvalue weighted by Gasteiger charge is -2.40. The molecular formula is C39H37N7O2. The largest absolute Gasteiger partial charge is 0.507 e. The van der Waals surface area contributed by atoms with Gasteiger partial charge in [0.1, 0.15) is 17.1 Å². The molecule has 0 amide bonds. The van der Waals surface area contributed by atoms with Gasteiger partial charge in [0.25, 0.3) is 0 Å². The third-order valence-electron chi connectivity index (χ3n) is 10.1. The number of benzene rings is 3. The van der Waals surface area contributed by atoms with Crippen molar-refractivity contribution in [1.29, 1.82) is 0 Å². The molecule has 0 unspecified atom stereocenters. The number of anilines is 2. The van der Waals surface area contributed by atoms with E-state index in [1.54, 1.807) is 18.3 Å². The highest BCUT2D eigenvalue weighted by Crippen LogP contribution is 2.42. The van der Waals surface area contributed by atoms with Gasteiger partial charge in [-0.25, -0.2) is 15.0 Å². The highest BCUT2D eigenvalue weighted by atomic mass is 16.3. The number of hydrogen-bond acceptors (Lipinski definition) is 8. The molecule has 6 aromatic rings. The number of phenols is 1. The zero-order valence-corrected chi connectivity index (χ0v) is 26.7. The fraction of sp³-hybridized carbons (Fsp3) is 0.231. The minimum atomic E-state index is 0.0488. The molecule has 0 atom stereocenters. The van der Waals surface area contributed by atoms with E-state index in [1.807, 2.05) is 48.5 Å². The summed E-state index contributed by atoms with van der Waals surface area (Å²) in [7, 11) is 0. The summed E-state index contributed by atoms with van der Waals surface area (Å²) in [6.07, 6.45) is 5.81. The molecule has 0 saturated carbocycles. The maximum absolute atomic E-state index is 11.1. The number of nitrogens with two attached hydrogens (primary N) is 1. The average molecular weight is 636 g/mol. The number of nitrogen functional groups attached to an aromatic ring is 1. The summed E-state index contributed by atoms with van der Waals surface area (Å²) in [5.74, 6) is 1.19. The molecule has 2 aliphatic rings. The van der Waals surface area contributed by atoms with Crippen LogP contribution in [0.3, 0.4) is 0 Å². The van der Waals surface area contributed by atoms with Crippen molar-refractivity contribution in [2.24, 2.45) is 5.41 Å². The number of hydrogen-bond donors (Lipinski definition) is 2. The third-order valence-corrected chi connectivity index (χ3v) is 10.1. The Bertz CT molecular complexity index is 2100. The van der Waals surface area contributed by atoms with Gasteiger partial charge in [0.05, 0.1) is 16.8 Å². The Hall–Kier alpha value is -5.54. The number of aromatic hydroxyl groups is 1. The molecule has 5 heterocycles. The van der Waals surface area contributed by atoms with E-state index in [1.165, 1.54) is 12.0 Å². The molecule has 3 N–H and O–H groups in total. The van der Waals surface area contributed by atoms with Crippen LogP contribution in [0.5, 0.6) is 5.75 Å². The molecule has 1 spiro atoms. The Kier molecular flexibility index (Phi) is 7.61. The zero-order chi connectivity index (χ0) is 32.7. The van der Waals surface area contributed by atoms with E-state index in [4.69, 9.17) is 15.7 Å². The van der Waals surface area contributed by atoms with Gasteiger partial charge in [-0.15, -0.1) is 0 Å². The average Bonchev–Trinajstić information content (AvgIpc) is 3.70. The predicted molar refractivity (Wildman–Crippen MR) is 189 cm³/mol. The lowest BCUT2D eigenvalue weighted by atomic mass is 9.77. The minimum absolute atomic E-state index is 0.0488. The number of phenolic OH excluding ortho intramolecular Hbond substituents is 1. The molecule has 2 aliphatic heterocycles. The molecule has 0 aliphatic carbocycles. The van der Waals surface area contributed by atoms with Crippen LogP contribution in [0.2, 0.25) is 0 Å². The SMILES string of the molecule is Nc1ncccc1-c1nc2ccc(-c3ccccc3)nc2n1-c1ccc(CN2CCC3(CCN(c4ccc(C=O)c(O)c4)CC3)C2)cc1. The van der Waals surface area contributed by atoms with Crippen molar-refractivity contribution >= 4 is 29.0 Å². The maximum atomic E-state index is 11.1. The van der Waals surface area contributed by atoms with Crippen molar-refractivity contribution in [2.75, 3.05) is 36.8 Å². The van der Waals surface area contributed by atoms with Crippen LogP contribution < -0.4 is 10.6 Å². The molecule has 0 bridgehead atoms. The Morgan fingerprint density at radius 1 is 0.833 bits per heavy atom. The van der Waals surface area contributed by atoms with Crippen molar-refractivity contribution in [3.8, 4) is 34.1 Å². The first-order valence-corrected chi connectivity index (χ1v) is 16.5. The normalized spacial score (nSPS) is 16.1. The van der Waals surface area contributed by atoms with Gasteiger partial charge in [0.2, 0.25) is 0 Å². The quantitative estimate of drug-likeness (QED) is 0.186. The molecule has 3 aromatic heterocycles. The Labute approximate surface area is 279 Å².